The number of carbonyl (C=O) groups excluding carboxylic acids is 2. The minimum atomic E-state index is -1.06. The molecule has 0 saturated heterocycles. The van der Waals surface area contributed by atoms with Gasteiger partial charge in [-0.15, -0.1) is 0 Å². The van der Waals surface area contributed by atoms with E-state index in [4.69, 9.17) is 9.47 Å². The van der Waals surface area contributed by atoms with Crippen LogP contribution >= 0.6 is 0 Å². The van der Waals surface area contributed by atoms with Crippen molar-refractivity contribution in [1.29, 1.82) is 0 Å². The van der Waals surface area contributed by atoms with Crippen molar-refractivity contribution in [2.24, 2.45) is 5.92 Å². The van der Waals surface area contributed by atoms with Crippen molar-refractivity contribution in [3.8, 4) is 0 Å². The zero-order valence-electron chi connectivity index (χ0n) is 14.7. The first-order valence-corrected chi connectivity index (χ1v) is 8.56. The molecule has 0 aliphatic heterocycles. The van der Waals surface area contributed by atoms with E-state index < -0.39 is 22.8 Å². The third-order valence-electron chi connectivity index (χ3n) is 3.64. The van der Waals surface area contributed by atoms with Gasteiger partial charge >= 0.3 is 11.9 Å². The standard InChI is InChI=1S/C18H25NO6/c1-3-5-11-24-17(20)16(18(21)25-12-6-4-2)13-14-7-9-15(10-8-14)19(22)23/h7-10,16H,3-6,11-13H2,1-2H3. The summed E-state index contributed by atoms with van der Waals surface area (Å²) in [6.07, 6.45) is 3.29. The number of nitro benzene ring substituents is 1. The van der Waals surface area contributed by atoms with Gasteiger partial charge in [0.1, 0.15) is 0 Å². The van der Waals surface area contributed by atoms with E-state index in [0.29, 0.717) is 5.56 Å². The summed E-state index contributed by atoms with van der Waals surface area (Å²) >= 11 is 0. The Kier molecular flexibility index (Phi) is 9.21. The Morgan fingerprint density at radius 3 is 1.88 bits per heavy atom. The number of esters is 2. The molecule has 25 heavy (non-hydrogen) atoms. The van der Waals surface area contributed by atoms with Gasteiger partial charge in [0.15, 0.2) is 5.92 Å². The van der Waals surface area contributed by atoms with Crippen molar-refractivity contribution in [3.63, 3.8) is 0 Å². The maximum atomic E-state index is 12.2. The Labute approximate surface area is 147 Å². The average Bonchev–Trinajstić information content (AvgIpc) is 2.60. The maximum absolute atomic E-state index is 12.2. The first kappa shape index (κ1) is 20.6. The highest BCUT2D eigenvalue weighted by Crippen LogP contribution is 2.17. The number of hydrogen-bond donors (Lipinski definition) is 0. The van der Waals surface area contributed by atoms with Gasteiger partial charge in [0.05, 0.1) is 18.1 Å². The molecule has 7 nitrogen and oxygen atoms in total. The Morgan fingerprint density at radius 2 is 1.48 bits per heavy atom. The molecule has 0 radical (unpaired) electrons. The Morgan fingerprint density at radius 1 is 1.00 bits per heavy atom. The van der Waals surface area contributed by atoms with Gasteiger partial charge in [-0.2, -0.15) is 0 Å². The Bertz CT molecular complexity index is 547. The largest absolute Gasteiger partial charge is 0.465 e. The summed E-state index contributed by atoms with van der Waals surface area (Å²) in [4.78, 5) is 34.7. The monoisotopic (exact) mass is 351 g/mol. The van der Waals surface area contributed by atoms with E-state index in [1.54, 1.807) is 0 Å². The lowest BCUT2D eigenvalue weighted by molar-refractivity contribution is -0.384. The van der Waals surface area contributed by atoms with Gasteiger partial charge in [-0.3, -0.25) is 19.7 Å². The summed E-state index contributed by atoms with van der Waals surface area (Å²) in [6.45, 7) is 4.46. The van der Waals surface area contributed by atoms with Crippen LogP contribution in [0, 0.1) is 16.0 Å². The van der Waals surface area contributed by atoms with Crippen molar-refractivity contribution in [1.82, 2.24) is 0 Å². The topological polar surface area (TPSA) is 95.7 Å². The highest BCUT2D eigenvalue weighted by Gasteiger charge is 2.30. The number of nitro groups is 1. The van der Waals surface area contributed by atoms with Crippen LogP contribution in [0.15, 0.2) is 24.3 Å². The number of nitrogens with zero attached hydrogens (tertiary/aromatic N) is 1. The van der Waals surface area contributed by atoms with E-state index >= 15 is 0 Å². The SMILES string of the molecule is CCCCOC(=O)C(Cc1ccc([N+](=O)[O-])cc1)C(=O)OCCCC. The van der Waals surface area contributed by atoms with Crippen molar-refractivity contribution in [3.05, 3.63) is 39.9 Å². The van der Waals surface area contributed by atoms with Gasteiger partial charge in [-0.05, 0) is 24.8 Å². The minimum absolute atomic E-state index is 0.0451. The zero-order chi connectivity index (χ0) is 18.7. The lowest BCUT2D eigenvalue weighted by Gasteiger charge is -2.15. The van der Waals surface area contributed by atoms with Crippen molar-refractivity contribution >= 4 is 17.6 Å². The first-order valence-electron chi connectivity index (χ1n) is 8.56. The van der Waals surface area contributed by atoms with E-state index in [0.717, 1.165) is 25.7 Å². The number of unbranched alkanes of at least 4 members (excludes halogenated alkanes) is 2. The number of hydrogen-bond acceptors (Lipinski definition) is 6. The van der Waals surface area contributed by atoms with Gasteiger partial charge in [0.2, 0.25) is 0 Å². The van der Waals surface area contributed by atoms with Gasteiger partial charge in [-0.25, -0.2) is 0 Å². The Hall–Kier alpha value is -2.44. The van der Waals surface area contributed by atoms with Crippen LogP contribution in [0.1, 0.15) is 45.1 Å². The molecule has 7 heteroatoms. The molecule has 0 aromatic heterocycles. The molecule has 0 heterocycles. The molecule has 0 spiro atoms. The molecule has 0 saturated carbocycles. The normalized spacial score (nSPS) is 10.5. The van der Waals surface area contributed by atoms with Gasteiger partial charge in [0, 0.05) is 12.1 Å². The molecule has 0 aliphatic carbocycles. The molecule has 138 valence electrons. The summed E-state index contributed by atoms with van der Waals surface area (Å²) in [6, 6.07) is 5.75. The lowest BCUT2D eigenvalue weighted by Crippen LogP contribution is -2.30. The van der Waals surface area contributed by atoms with E-state index in [9.17, 15) is 19.7 Å². The van der Waals surface area contributed by atoms with Crippen LogP contribution in [0.2, 0.25) is 0 Å². The van der Waals surface area contributed by atoms with E-state index in [-0.39, 0.29) is 25.3 Å². The molecule has 0 N–H and O–H groups in total. The number of ether oxygens (including phenoxy) is 2. The number of carbonyl (C=O) groups is 2. The predicted molar refractivity (Wildman–Crippen MR) is 92.0 cm³/mol. The summed E-state index contributed by atoms with van der Waals surface area (Å²) in [5.41, 5.74) is 0.590. The molecule has 1 aromatic carbocycles. The summed E-state index contributed by atoms with van der Waals surface area (Å²) in [5.74, 6) is -2.29. The van der Waals surface area contributed by atoms with Crippen LogP contribution in [-0.4, -0.2) is 30.1 Å². The Balaban J connectivity index is 2.79. The zero-order valence-corrected chi connectivity index (χ0v) is 14.7. The highest BCUT2D eigenvalue weighted by atomic mass is 16.6. The second-order valence-electron chi connectivity index (χ2n) is 5.72. The fourth-order valence-electron chi connectivity index (χ4n) is 2.09. The van der Waals surface area contributed by atoms with Crippen LogP contribution in [0.25, 0.3) is 0 Å². The molecular formula is C18H25NO6. The van der Waals surface area contributed by atoms with Crippen LogP contribution in [0.4, 0.5) is 5.69 Å². The number of rotatable bonds is 11. The second-order valence-corrected chi connectivity index (χ2v) is 5.72. The molecule has 0 aliphatic rings. The van der Waals surface area contributed by atoms with Crippen molar-refractivity contribution < 1.29 is 24.0 Å². The lowest BCUT2D eigenvalue weighted by atomic mass is 9.99. The van der Waals surface area contributed by atoms with Crippen LogP contribution in [0.5, 0.6) is 0 Å². The van der Waals surface area contributed by atoms with E-state index in [1.165, 1.54) is 24.3 Å². The van der Waals surface area contributed by atoms with Gasteiger partial charge in [0.25, 0.3) is 5.69 Å². The van der Waals surface area contributed by atoms with E-state index in [1.807, 2.05) is 13.8 Å². The summed E-state index contributed by atoms with van der Waals surface area (Å²) in [7, 11) is 0. The molecule has 1 aromatic rings. The molecule has 0 fully saturated rings. The van der Waals surface area contributed by atoms with Crippen molar-refractivity contribution in [2.45, 2.75) is 46.0 Å². The third kappa shape index (κ3) is 7.32. The third-order valence-corrected chi connectivity index (χ3v) is 3.64. The van der Waals surface area contributed by atoms with Gasteiger partial charge < -0.3 is 9.47 Å². The van der Waals surface area contributed by atoms with Crippen LogP contribution in [0.3, 0.4) is 0 Å². The molecule has 0 atom stereocenters. The minimum Gasteiger partial charge on any atom is -0.465 e. The highest BCUT2D eigenvalue weighted by molar-refractivity contribution is 5.95. The summed E-state index contributed by atoms with van der Waals surface area (Å²) < 4.78 is 10.3. The number of benzene rings is 1. The smallest absolute Gasteiger partial charge is 0.320 e. The molecular weight excluding hydrogens is 326 g/mol. The summed E-state index contributed by atoms with van der Waals surface area (Å²) in [5, 5.41) is 10.7. The van der Waals surface area contributed by atoms with Crippen LogP contribution in [-0.2, 0) is 25.5 Å². The molecule has 0 bridgehead atoms. The second kappa shape index (κ2) is 11.2. The molecule has 0 unspecified atom stereocenters. The number of non-ortho nitro benzene ring substituents is 1. The van der Waals surface area contributed by atoms with Gasteiger partial charge in [-0.1, -0.05) is 38.8 Å². The first-order chi connectivity index (χ1) is 12.0. The fourth-order valence-corrected chi connectivity index (χ4v) is 2.09. The van der Waals surface area contributed by atoms with Crippen molar-refractivity contribution in [2.75, 3.05) is 13.2 Å². The fraction of sp³-hybridized carbons (Fsp3) is 0.556. The predicted octanol–water partition coefficient (Wildman–Crippen LogP) is 3.44. The quantitative estimate of drug-likeness (QED) is 0.199. The molecule has 1 rings (SSSR count). The molecule has 0 amide bonds. The van der Waals surface area contributed by atoms with E-state index in [2.05, 4.69) is 0 Å². The van der Waals surface area contributed by atoms with Crippen LogP contribution < -0.4 is 0 Å². The maximum Gasteiger partial charge on any atom is 0.320 e. The average molecular weight is 351 g/mol.